The van der Waals surface area contributed by atoms with Crippen molar-refractivity contribution in [3.8, 4) is 0 Å². The summed E-state index contributed by atoms with van der Waals surface area (Å²) in [7, 11) is -3.53. The van der Waals surface area contributed by atoms with Crippen LogP contribution in [0.1, 0.15) is 109 Å². The lowest BCUT2D eigenvalue weighted by Gasteiger charge is -2.28. The first-order chi connectivity index (χ1) is 31.4. The Morgan fingerprint density at radius 2 is 1.59 bits per heavy atom. The minimum Gasteiger partial charge on any atom is -0.394 e. The maximum Gasteiger partial charge on any atom is 0.469 e. The van der Waals surface area contributed by atoms with Gasteiger partial charge in [-0.25, -0.2) is 9.55 Å². The van der Waals surface area contributed by atoms with Gasteiger partial charge in [0.05, 0.1) is 63.2 Å². The van der Waals surface area contributed by atoms with E-state index >= 15 is 0 Å². The Bertz CT molecular complexity index is 1880. The predicted octanol–water partition coefficient (Wildman–Crippen LogP) is 3.19. The zero-order valence-electron chi connectivity index (χ0n) is 39.0. The fourth-order valence-corrected chi connectivity index (χ4v) is 8.72. The molecule has 1 aliphatic rings. The number of nitrogens with zero attached hydrogens (tertiary/aromatic N) is 3. The molecule has 1 aliphatic heterocycles. The number of methoxy groups -OCH3 is 1. The number of aliphatic hydroxyl groups excluding tert-OH is 1. The molecule has 20 heteroatoms. The molecule has 4 amide bonds. The van der Waals surface area contributed by atoms with Crippen molar-refractivity contribution in [3.05, 3.63) is 54.1 Å². The molecule has 0 radical (unpaired) electrons. The number of amides is 4. The molecule has 1 aromatic heterocycles. The second-order valence-electron chi connectivity index (χ2n) is 17.5. The van der Waals surface area contributed by atoms with E-state index in [-0.39, 0.29) is 44.1 Å². The van der Waals surface area contributed by atoms with Crippen LogP contribution in [0, 0.1) is 17.8 Å². The number of primary amides is 1. The van der Waals surface area contributed by atoms with Crippen molar-refractivity contribution >= 4 is 43.0 Å². The molecule has 0 aliphatic carbocycles. The van der Waals surface area contributed by atoms with Crippen LogP contribution in [0.25, 0.3) is 0 Å². The van der Waals surface area contributed by atoms with Crippen LogP contribution in [0.15, 0.2) is 42.9 Å². The molecular weight excluding hydrogens is 876 g/mol. The SMILES string of the molecule is COCCOCCC(=O)N1CCC[C@H]1C(=O)N[C@@H](CC(C)C)C(=O)C[C@@H](Cc1cncn1CCCCCCCCc1ccccc1)C(=O)N[C@@H](CO)C(=O)C[C@H](C(N)=O)[C@@H](C)OP(=O)(O)O. The number of carbonyl (C=O) groups excluding carboxylic acids is 6. The summed E-state index contributed by atoms with van der Waals surface area (Å²) in [6.45, 7) is 5.87. The molecule has 0 spiro atoms. The van der Waals surface area contributed by atoms with Crippen LogP contribution in [0.5, 0.6) is 0 Å². The number of aliphatic hydroxyl groups is 1. The number of rotatable bonds is 34. The van der Waals surface area contributed by atoms with Gasteiger partial charge in [-0.3, -0.25) is 33.3 Å². The van der Waals surface area contributed by atoms with Gasteiger partial charge in [0.25, 0.3) is 0 Å². The molecular formula is C46H73N6O13P. The molecule has 1 saturated heterocycles. The van der Waals surface area contributed by atoms with Crippen LogP contribution in [-0.2, 0) is 66.7 Å². The number of ether oxygens (including phenoxy) is 2. The number of likely N-dealkylation sites (tertiary alicyclic amines) is 1. The highest BCUT2D eigenvalue weighted by molar-refractivity contribution is 7.46. The molecule has 0 saturated carbocycles. The van der Waals surface area contributed by atoms with E-state index in [1.807, 2.05) is 36.6 Å². The third-order valence-corrected chi connectivity index (χ3v) is 12.4. The van der Waals surface area contributed by atoms with E-state index in [4.69, 9.17) is 15.2 Å². The Labute approximate surface area is 388 Å². The molecule has 0 unspecified atom stereocenters. The normalized spacial score (nSPS) is 16.4. The maximum atomic E-state index is 14.3. The number of carbonyl (C=O) groups is 6. The van der Waals surface area contributed by atoms with Crippen molar-refractivity contribution < 1.29 is 62.2 Å². The first-order valence-corrected chi connectivity index (χ1v) is 24.7. The Morgan fingerprint density at radius 3 is 2.24 bits per heavy atom. The number of hydrogen-bond acceptors (Lipinski definition) is 12. The molecule has 0 bridgehead atoms. The lowest BCUT2D eigenvalue weighted by Crippen LogP contribution is -2.52. The number of nitrogens with two attached hydrogens (primary N) is 1. The smallest absolute Gasteiger partial charge is 0.394 e. The fraction of sp³-hybridized carbons (Fsp3) is 0.674. The van der Waals surface area contributed by atoms with Crippen LogP contribution < -0.4 is 16.4 Å². The van der Waals surface area contributed by atoms with Gasteiger partial charge in [-0.15, -0.1) is 0 Å². The van der Waals surface area contributed by atoms with Gasteiger partial charge in [0.2, 0.25) is 23.6 Å². The van der Waals surface area contributed by atoms with Crippen molar-refractivity contribution in [1.82, 2.24) is 25.1 Å². The summed E-state index contributed by atoms with van der Waals surface area (Å²) in [6, 6.07) is 6.98. The zero-order chi connectivity index (χ0) is 48.6. The van der Waals surface area contributed by atoms with Gasteiger partial charge in [-0.1, -0.05) is 69.9 Å². The van der Waals surface area contributed by atoms with Crippen molar-refractivity contribution in [3.63, 3.8) is 0 Å². The number of phosphoric ester groups is 1. The molecule has 1 fully saturated rings. The molecule has 1 aromatic carbocycles. The van der Waals surface area contributed by atoms with Crippen LogP contribution in [-0.4, -0.2) is 129 Å². The van der Waals surface area contributed by atoms with Gasteiger partial charge in [0, 0.05) is 51.4 Å². The second kappa shape index (κ2) is 29.4. The average Bonchev–Trinajstić information content (AvgIpc) is 3.94. The van der Waals surface area contributed by atoms with Crippen LogP contribution in [0.3, 0.4) is 0 Å². The Kier molecular flexibility index (Phi) is 24.9. The van der Waals surface area contributed by atoms with E-state index in [2.05, 4.69) is 32.3 Å². The molecule has 2 heterocycles. The highest BCUT2D eigenvalue weighted by Crippen LogP contribution is 2.39. The molecule has 66 heavy (non-hydrogen) atoms. The molecule has 2 aromatic rings. The van der Waals surface area contributed by atoms with Gasteiger partial charge in [0.15, 0.2) is 11.6 Å². The van der Waals surface area contributed by atoms with Gasteiger partial charge in [-0.2, -0.15) is 0 Å². The largest absolute Gasteiger partial charge is 0.469 e. The number of unbranched alkanes of at least 4 members (excludes halogenated alkanes) is 5. The molecule has 19 nitrogen and oxygen atoms in total. The first-order valence-electron chi connectivity index (χ1n) is 23.1. The van der Waals surface area contributed by atoms with E-state index in [0.29, 0.717) is 44.8 Å². The van der Waals surface area contributed by atoms with E-state index in [1.54, 1.807) is 19.6 Å². The number of Topliss-reactive ketones (excluding diaryl/α,β-unsaturated/α-hetero) is 2. The first kappa shape index (κ1) is 56.0. The third-order valence-electron chi connectivity index (χ3n) is 11.8. The predicted molar refractivity (Wildman–Crippen MR) is 244 cm³/mol. The van der Waals surface area contributed by atoms with Gasteiger partial charge in [0.1, 0.15) is 12.1 Å². The number of aromatic nitrogens is 2. The van der Waals surface area contributed by atoms with Gasteiger partial charge >= 0.3 is 7.82 Å². The van der Waals surface area contributed by atoms with Gasteiger partial charge in [-0.05, 0) is 56.9 Å². The summed E-state index contributed by atoms with van der Waals surface area (Å²) in [5, 5.41) is 15.7. The van der Waals surface area contributed by atoms with E-state index in [0.717, 1.165) is 51.9 Å². The van der Waals surface area contributed by atoms with E-state index in [9.17, 15) is 48.2 Å². The van der Waals surface area contributed by atoms with Crippen molar-refractivity contribution in [1.29, 1.82) is 0 Å². The standard InChI is InChI=1S/C46H73N6O13P/c1-32(2)25-38(49-46(59)40-18-14-21-52(40)43(56)19-22-64-24-23-63-4)41(54)27-35(45(58)50-39(30-53)42(55)28-37(44(47)57)33(3)65-66(60,61)62)26-36-29-48-31-51(36)20-13-8-6-5-7-10-15-34-16-11-9-12-17-34/h9,11-12,16-17,29,31-33,35,37-40,53H,5-8,10,13-15,18-28,30H2,1-4H3,(H2,47,57)(H,49,59)(H,50,58)(H2,60,61,62)/t33-,35-,37+,38+,39+,40+/m1/s1. The summed E-state index contributed by atoms with van der Waals surface area (Å²) in [5.74, 6) is -6.63. The zero-order valence-corrected chi connectivity index (χ0v) is 39.9. The summed E-state index contributed by atoms with van der Waals surface area (Å²) < 4.78 is 28.4. The second-order valence-corrected chi connectivity index (χ2v) is 18.7. The van der Waals surface area contributed by atoms with Crippen LogP contribution >= 0.6 is 7.82 Å². The number of nitrogens with one attached hydrogen (secondary N) is 2. The number of phosphoric acid groups is 1. The molecule has 3 rings (SSSR count). The molecule has 370 valence electrons. The lowest BCUT2D eigenvalue weighted by atomic mass is 9.89. The highest BCUT2D eigenvalue weighted by Gasteiger charge is 2.38. The topological polar surface area (TPSA) is 279 Å². The average molecular weight is 949 g/mol. The molecule has 7 N–H and O–H groups in total. The summed E-state index contributed by atoms with van der Waals surface area (Å²) in [5.41, 5.74) is 7.42. The number of aryl methyl sites for hydroxylation is 2. The summed E-state index contributed by atoms with van der Waals surface area (Å²) >= 11 is 0. The minimum atomic E-state index is -5.07. The number of imidazole rings is 1. The van der Waals surface area contributed by atoms with Crippen LogP contribution in [0.2, 0.25) is 0 Å². The van der Waals surface area contributed by atoms with Gasteiger partial charge < -0.3 is 50.2 Å². The Hall–Kier alpha value is -4.36. The Morgan fingerprint density at radius 1 is 0.909 bits per heavy atom. The van der Waals surface area contributed by atoms with Crippen molar-refractivity contribution in [2.45, 2.75) is 141 Å². The van der Waals surface area contributed by atoms with Crippen LogP contribution in [0.4, 0.5) is 0 Å². The maximum absolute atomic E-state index is 14.3. The summed E-state index contributed by atoms with van der Waals surface area (Å²) in [4.78, 5) is 106. The quantitative estimate of drug-likeness (QED) is 0.0435. The molecule has 6 atom stereocenters. The van der Waals surface area contributed by atoms with E-state index < -0.39 is 86.2 Å². The number of benzene rings is 1. The van der Waals surface area contributed by atoms with E-state index in [1.165, 1.54) is 10.5 Å². The van der Waals surface area contributed by atoms with Crippen molar-refractivity contribution in [2.24, 2.45) is 23.5 Å². The Balaban J connectivity index is 1.77. The lowest BCUT2D eigenvalue weighted by molar-refractivity contribution is -0.140. The third kappa shape index (κ3) is 20.2. The number of ketones is 2. The summed E-state index contributed by atoms with van der Waals surface area (Å²) in [6.07, 6.45) is 9.21. The monoisotopic (exact) mass is 948 g/mol. The minimum absolute atomic E-state index is 0.000169. The highest BCUT2D eigenvalue weighted by atomic mass is 31.2. The van der Waals surface area contributed by atoms with Crippen molar-refractivity contribution in [2.75, 3.05) is 40.1 Å². The number of hydrogen-bond donors (Lipinski definition) is 6. The fourth-order valence-electron chi connectivity index (χ4n) is 8.14.